The number of amides is 2. The van der Waals surface area contributed by atoms with Crippen molar-refractivity contribution in [2.75, 3.05) is 12.8 Å². The van der Waals surface area contributed by atoms with Gasteiger partial charge in [0.1, 0.15) is 0 Å². The predicted octanol–water partition coefficient (Wildman–Crippen LogP) is 0.412. The van der Waals surface area contributed by atoms with Crippen LogP contribution in [0.25, 0.3) is 0 Å². The quantitative estimate of drug-likeness (QED) is 0.688. The molecule has 0 rings (SSSR count). The number of hydrogen-bond acceptors (Lipinski definition) is 3. The Morgan fingerprint density at radius 2 is 1.59 bits per heavy atom. The molecule has 17 heavy (non-hydrogen) atoms. The summed E-state index contributed by atoms with van der Waals surface area (Å²) in [5.41, 5.74) is -1.04. The van der Waals surface area contributed by atoms with Crippen LogP contribution in [0.1, 0.15) is 34.6 Å². The third-order valence-corrected chi connectivity index (χ3v) is 2.56. The monoisotopic (exact) mass is 265 g/mol. The van der Waals surface area contributed by atoms with E-state index in [9.17, 15) is 13.2 Å². The maximum atomic E-state index is 11.5. The van der Waals surface area contributed by atoms with Crippen molar-refractivity contribution in [3.63, 3.8) is 0 Å². The Morgan fingerprint density at radius 1 is 1.12 bits per heavy atom. The summed E-state index contributed by atoms with van der Waals surface area (Å²) in [6.07, 6.45) is 1.09. The van der Waals surface area contributed by atoms with Crippen molar-refractivity contribution in [2.24, 2.45) is 0 Å². The van der Waals surface area contributed by atoms with Gasteiger partial charge in [0.05, 0.1) is 6.26 Å². The van der Waals surface area contributed by atoms with E-state index in [-0.39, 0.29) is 18.1 Å². The van der Waals surface area contributed by atoms with E-state index < -0.39 is 15.6 Å². The van der Waals surface area contributed by atoms with E-state index in [0.717, 1.165) is 6.26 Å². The minimum absolute atomic E-state index is 0.210. The van der Waals surface area contributed by atoms with Gasteiger partial charge in [0, 0.05) is 17.6 Å². The maximum Gasteiger partial charge on any atom is 0.315 e. The number of urea groups is 1. The van der Waals surface area contributed by atoms with Crippen LogP contribution >= 0.6 is 0 Å². The first kappa shape index (κ1) is 16.2. The molecule has 0 spiro atoms. The summed E-state index contributed by atoms with van der Waals surface area (Å²) in [5, 5.41) is 5.35. The summed E-state index contributed by atoms with van der Waals surface area (Å²) in [6.45, 7) is 9.21. The topological polar surface area (TPSA) is 87.3 Å². The van der Waals surface area contributed by atoms with Gasteiger partial charge in [-0.2, -0.15) is 0 Å². The first-order valence-electron chi connectivity index (χ1n) is 5.36. The summed E-state index contributed by atoms with van der Waals surface area (Å²) in [5.74, 6) is 0. The number of carbonyl (C=O) groups is 1. The minimum atomic E-state index is -3.29. The van der Waals surface area contributed by atoms with Crippen LogP contribution in [0.2, 0.25) is 0 Å². The molecule has 0 saturated carbocycles. The lowest BCUT2D eigenvalue weighted by Crippen LogP contribution is -2.54. The van der Waals surface area contributed by atoms with Gasteiger partial charge in [-0.3, -0.25) is 0 Å². The lowest BCUT2D eigenvalue weighted by atomic mass is 10.1. The highest BCUT2D eigenvalue weighted by atomic mass is 32.2. The average molecular weight is 265 g/mol. The molecular weight excluding hydrogens is 242 g/mol. The molecule has 0 unspecified atom stereocenters. The number of rotatable bonds is 4. The summed E-state index contributed by atoms with van der Waals surface area (Å²) in [6, 6.07) is -0.319. The zero-order valence-corrected chi connectivity index (χ0v) is 12.2. The van der Waals surface area contributed by atoms with Crippen LogP contribution in [0.15, 0.2) is 0 Å². The van der Waals surface area contributed by atoms with Crippen LogP contribution in [0.5, 0.6) is 0 Å². The summed E-state index contributed by atoms with van der Waals surface area (Å²) in [4.78, 5) is 11.5. The fourth-order valence-electron chi connectivity index (χ4n) is 1.22. The Labute approximate surface area is 104 Å². The lowest BCUT2D eigenvalue weighted by Gasteiger charge is -2.27. The highest BCUT2D eigenvalue weighted by molar-refractivity contribution is 7.88. The van der Waals surface area contributed by atoms with E-state index in [1.165, 1.54) is 0 Å². The van der Waals surface area contributed by atoms with E-state index in [1.807, 2.05) is 20.8 Å². The Bertz CT molecular complexity index is 369. The van der Waals surface area contributed by atoms with Gasteiger partial charge in [0.2, 0.25) is 10.0 Å². The molecule has 0 aromatic heterocycles. The average Bonchev–Trinajstić information content (AvgIpc) is 1.92. The van der Waals surface area contributed by atoms with Crippen molar-refractivity contribution in [3.05, 3.63) is 0 Å². The summed E-state index contributed by atoms with van der Waals surface area (Å²) in [7, 11) is -3.29. The van der Waals surface area contributed by atoms with Crippen molar-refractivity contribution in [2.45, 2.75) is 45.7 Å². The van der Waals surface area contributed by atoms with Crippen molar-refractivity contribution >= 4 is 16.1 Å². The number of sulfonamides is 1. The van der Waals surface area contributed by atoms with Gasteiger partial charge in [-0.15, -0.1) is 0 Å². The molecule has 0 atom stereocenters. The van der Waals surface area contributed by atoms with Crippen molar-refractivity contribution in [1.82, 2.24) is 15.4 Å². The molecule has 0 aliphatic heterocycles. The molecule has 0 bridgehead atoms. The van der Waals surface area contributed by atoms with E-state index in [1.54, 1.807) is 13.8 Å². The SMILES string of the molecule is CC(C)(C)NC(=O)NCC(C)(C)NS(C)(=O)=O. The Hall–Kier alpha value is -0.820. The van der Waals surface area contributed by atoms with Crippen LogP contribution in [0, 0.1) is 0 Å². The van der Waals surface area contributed by atoms with E-state index >= 15 is 0 Å². The van der Waals surface area contributed by atoms with Gasteiger partial charge in [0.15, 0.2) is 0 Å². The van der Waals surface area contributed by atoms with E-state index in [0.29, 0.717) is 0 Å². The smallest absolute Gasteiger partial charge is 0.315 e. The molecule has 0 saturated heterocycles. The first-order valence-corrected chi connectivity index (χ1v) is 7.25. The zero-order chi connectivity index (χ0) is 13.9. The standard InChI is InChI=1S/C10H23N3O3S/c1-9(2,3)12-8(14)11-7-10(4,5)13-17(6,15)16/h13H,7H2,1-6H3,(H2,11,12,14). The van der Waals surface area contributed by atoms with Gasteiger partial charge >= 0.3 is 6.03 Å². The third kappa shape index (κ3) is 10.1. The van der Waals surface area contributed by atoms with Crippen molar-refractivity contribution in [3.8, 4) is 0 Å². The Balaban J connectivity index is 4.24. The molecule has 0 fully saturated rings. The fraction of sp³-hybridized carbons (Fsp3) is 0.900. The molecule has 0 aliphatic rings. The zero-order valence-electron chi connectivity index (χ0n) is 11.3. The van der Waals surface area contributed by atoms with Gasteiger partial charge < -0.3 is 10.6 Å². The normalized spacial score (nSPS) is 13.3. The molecule has 6 nitrogen and oxygen atoms in total. The number of nitrogens with one attached hydrogen (secondary N) is 3. The second-order valence-corrected chi connectivity index (χ2v) is 7.56. The highest BCUT2D eigenvalue weighted by Crippen LogP contribution is 2.02. The molecule has 0 aliphatic carbocycles. The molecule has 102 valence electrons. The molecule has 0 aromatic carbocycles. The van der Waals surface area contributed by atoms with Crippen molar-refractivity contribution in [1.29, 1.82) is 0 Å². The van der Waals surface area contributed by atoms with Crippen molar-refractivity contribution < 1.29 is 13.2 Å². The molecule has 3 N–H and O–H groups in total. The van der Waals surface area contributed by atoms with Crippen LogP contribution in [-0.2, 0) is 10.0 Å². The maximum absolute atomic E-state index is 11.5. The number of carbonyl (C=O) groups excluding carboxylic acids is 1. The Morgan fingerprint density at radius 3 is 1.94 bits per heavy atom. The van der Waals surface area contributed by atoms with E-state index in [2.05, 4.69) is 15.4 Å². The van der Waals surface area contributed by atoms with Crippen LogP contribution < -0.4 is 15.4 Å². The third-order valence-electron chi connectivity index (χ3n) is 1.64. The number of hydrogen-bond donors (Lipinski definition) is 3. The molecule has 0 radical (unpaired) electrons. The highest BCUT2D eigenvalue weighted by Gasteiger charge is 2.23. The minimum Gasteiger partial charge on any atom is -0.336 e. The molecule has 0 heterocycles. The van der Waals surface area contributed by atoms with Gasteiger partial charge in [-0.25, -0.2) is 17.9 Å². The largest absolute Gasteiger partial charge is 0.336 e. The Kier molecular flexibility index (Phi) is 4.97. The lowest BCUT2D eigenvalue weighted by molar-refractivity contribution is 0.229. The van der Waals surface area contributed by atoms with Crippen LogP contribution in [0.3, 0.4) is 0 Å². The van der Waals surface area contributed by atoms with Crippen LogP contribution in [-0.4, -0.2) is 38.3 Å². The molecule has 0 aromatic rings. The summed E-state index contributed by atoms with van der Waals surface area (Å²) >= 11 is 0. The molecule has 7 heteroatoms. The predicted molar refractivity (Wildman–Crippen MR) is 68.3 cm³/mol. The van der Waals surface area contributed by atoms with Gasteiger partial charge in [-0.05, 0) is 34.6 Å². The fourth-order valence-corrected chi connectivity index (χ4v) is 2.30. The van der Waals surface area contributed by atoms with Gasteiger partial charge in [0.25, 0.3) is 0 Å². The molecule has 2 amide bonds. The van der Waals surface area contributed by atoms with Crippen LogP contribution in [0.4, 0.5) is 4.79 Å². The van der Waals surface area contributed by atoms with E-state index in [4.69, 9.17) is 0 Å². The second kappa shape index (κ2) is 5.22. The first-order chi connectivity index (χ1) is 7.31. The summed E-state index contributed by atoms with van der Waals surface area (Å²) < 4.78 is 24.6. The van der Waals surface area contributed by atoms with Gasteiger partial charge in [-0.1, -0.05) is 0 Å². The second-order valence-electron chi connectivity index (χ2n) is 5.82. The molecular formula is C10H23N3O3S.